The molecule has 0 unspecified atom stereocenters. The Morgan fingerprint density at radius 3 is 2.96 bits per heavy atom. The number of benzene rings is 1. The number of hydrogen-bond acceptors (Lipinski definition) is 3. The molecule has 0 spiro atoms. The minimum atomic E-state index is -0.443. The van der Waals surface area contributed by atoms with Gasteiger partial charge in [-0.3, -0.25) is 0 Å². The van der Waals surface area contributed by atoms with Crippen molar-refractivity contribution in [2.24, 2.45) is 0 Å². The van der Waals surface area contributed by atoms with E-state index >= 15 is 0 Å². The Labute approximate surface area is 138 Å². The first kappa shape index (κ1) is 14.6. The highest BCUT2D eigenvalue weighted by atomic mass is 19.1. The molecule has 1 aliphatic heterocycles. The van der Waals surface area contributed by atoms with E-state index in [1.807, 2.05) is 18.2 Å². The van der Waals surface area contributed by atoms with Crippen LogP contribution in [0.2, 0.25) is 0 Å². The molecule has 2 amide bonds. The maximum Gasteiger partial charge on any atom is 0.322 e. The fraction of sp³-hybridized carbons (Fsp3) is 0.167. The molecular formula is C18H15FN4O. The summed E-state index contributed by atoms with van der Waals surface area (Å²) < 4.78 is 13.7. The van der Waals surface area contributed by atoms with Crippen LogP contribution < -0.4 is 5.32 Å². The largest absolute Gasteiger partial charge is 0.322 e. The molecule has 4 rings (SSSR count). The van der Waals surface area contributed by atoms with Gasteiger partial charge in [0, 0.05) is 36.8 Å². The molecule has 1 aromatic carbocycles. The summed E-state index contributed by atoms with van der Waals surface area (Å²) in [4.78, 5) is 22.9. The number of nitrogens with one attached hydrogen (secondary N) is 1. The van der Waals surface area contributed by atoms with Crippen LogP contribution in [0.15, 0.2) is 48.7 Å². The molecule has 1 N–H and O–H groups in total. The molecule has 3 heterocycles. The molecule has 120 valence electrons. The third-order valence-corrected chi connectivity index (χ3v) is 4.14. The van der Waals surface area contributed by atoms with E-state index in [4.69, 9.17) is 0 Å². The van der Waals surface area contributed by atoms with Gasteiger partial charge in [-0.1, -0.05) is 12.1 Å². The lowest BCUT2D eigenvalue weighted by atomic mass is 10.0. The van der Waals surface area contributed by atoms with E-state index < -0.39 is 5.82 Å². The van der Waals surface area contributed by atoms with Gasteiger partial charge in [0.1, 0.15) is 5.82 Å². The second-order valence-corrected chi connectivity index (χ2v) is 5.73. The van der Waals surface area contributed by atoms with Crippen LogP contribution in [0.1, 0.15) is 11.3 Å². The van der Waals surface area contributed by atoms with E-state index in [0.717, 1.165) is 22.3 Å². The maximum atomic E-state index is 13.7. The van der Waals surface area contributed by atoms with Gasteiger partial charge in [-0.25, -0.2) is 19.2 Å². The standard InChI is InChI=1S/C18H15FN4O/c19-14-5-1-2-6-16(14)22-18(24)23-9-7-15-13(11-23)10-12-4-3-8-20-17(12)21-15/h1-6,8,10H,7,9,11H2,(H,22,24). The normalized spacial score (nSPS) is 13.6. The average molecular weight is 322 g/mol. The number of anilines is 1. The summed E-state index contributed by atoms with van der Waals surface area (Å²) in [5.74, 6) is -0.443. The highest BCUT2D eigenvalue weighted by Gasteiger charge is 2.22. The van der Waals surface area contributed by atoms with Gasteiger partial charge in [-0.2, -0.15) is 0 Å². The first-order valence-corrected chi connectivity index (χ1v) is 7.75. The van der Waals surface area contributed by atoms with Crippen molar-refractivity contribution >= 4 is 22.8 Å². The van der Waals surface area contributed by atoms with Crippen molar-refractivity contribution in [1.82, 2.24) is 14.9 Å². The molecule has 5 nitrogen and oxygen atoms in total. The molecule has 0 radical (unpaired) electrons. The Morgan fingerprint density at radius 2 is 2.08 bits per heavy atom. The molecule has 6 heteroatoms. The number of nitrogens with zero attached hydrogens (tertiary/aromatic N) is 3. The van der Waals surface area contributed by atoms with Crippen LogP contribution in [0.3, 0.4) is 0 Å². The topological polar surface area (TPSA) is 58.1 Å². The van der Waals surface area contributed by atoms with E-state index in [1.54, 1.807) is 29.3 Å². The predicted octanol–water partition coefficient (Wildman–Crippen LogP) is 3.36. The van der Waals surface area contributed by atoms with Crippen molar-refractivity contribution in [2.75, 3.05) is 11.9 Å². The van der Waals surface area contributed by atoms with Crippen molar-refractivity contribution in [2.45, 2.75) is 13.0 Å². The van der Waals surface area contributed by atoms with Gasteiger partial charge in [0.2, 0.25) is 0 Å². The summed E-state index contributed by atoms with van der Waals surface area (Å²) in [5, 5.41) is 3.58. The fourth-order valence-electron chi connectivity index (χ4n) is 2.90. The minimum absolute atomic E-state index is 0.189. The number of pyridine rings is 2. The van der Waals surface area contributed by atoms with Crippen LogP contribution in [-0.4, -0.2) is 27.4 Å². The SMILES string of the molecule is O=C(Nc1ccccc1F)N1CCc2nc3ncccc3cc2C1. The highest BCUT2D eigenvalue weighted by molar-refractivity contribution is 5.89. The zero-order valence-corrected chi connectivity index (χ0v) is 12.9. The number of halogens is 1. The van der Waals surface area contributed by atoms with Crippen molar-refractivity contribution in [3.8, 4) is 0 Å². The van der Waals surface area contributed by atoms with Crippen LogP contribution in [0.4, 0.5) is 14.9 Å². The zero-order chi connectivity index (χ0) is 16.5. The molecule has 0 saturated heterocycles. The van der Waals surface area contributed by atoms with E-state index in [2.05, 4.69) is 15.3 Å². The fourth-order valence-corrected chi connectivity index (χ4v) is 2.90. The van der Waals surface area contributed by atoms with Gasteiger partial charge in [0.25, 0.3) is 0 Å². The summed E-state index contributed by atoms with van der Waals surface area (Å²) in [6, 6.07) is 11.7. The van der Waals surface area contributed by atoms with Gasteiger partial charge in [-0.05, 0) is 35.9 Å². The number of rotatable bonds is 1. The number of carbonyl (C=O) groups is 1. The van der Waals surface area contributed by atoms with Crippen LogP contribution >= 0.6 is 0 Å². The molecule has 3 aromatic rings. The predicted molar refractivity (Wildman–Crippen MR) is 89.1 cm³/mol. The lowest BCUT2D eigenvalue weighted by molar-refractivity contribution is 0.206. The summed E-state index contributed by atoms with van der Waals surface area (Å²) in [5.41, 5.74) is 2.89. The van der Waals surface area contributed by atoms with Gasteiger partial charge in [0.05, 0.1) is 5.69 Å². The van der Waals surface area contributed by atoms with E-state index in [9.17, 15) is 9.18 Å². The van der Waals surface area contributed by atoms with Gasteiger partial charge >= 0.3 is 6.03 Å². The lowest BCUT2D eigenvalue weighted by Gasteiger charge is -2.28. The highest BCUT2D eigenvalue weighted by Crippen LogP contribution is 2.22. The molecule has 24 heavy (non-hydrogen) atoms. The van der Waals surface area contributed by atoms with Crippen LogP contribution in [0.25, 0.3) is 11.0 Å². The number of aromatic nitrogens is 2. The first-order chi connectivity index (χ1) is 11.7. The maximum absolute atomic E-state index is 13.7. The third kappa shape index (κ3) is 2.67. The average Bonchev–Trinajstić information content (AvgIpc) is 2.61. The summed E-state index contributed by atoms with van der Waals surface area (Å²) >= 11 is 0. The summed E-state index contributed by atoms with van der Waals surface area (Å²) in [6.45, 7) is 0.992. The van der Waals surface area contributed by atoms with Crippen molar-refractivity contribution in [3.63, 3.8) is 0 Å². The number of hydrogen-bond donors (Lipinski definition) is 1. The number of carbonyl (C=O) groups excluding carboxylic acids is 1. The van der Waals surface area contributed by atoms with Gasteiger partial charge < -0.3 is 10.2 Å². The van der Waals surface area contributed by atoms with Crippen molar-refractivity contribution < 1.29 is 9.18 Å². The Balaban J connectivity index is 1.56. The molecule has 0 fully saturated rings. The lowest BCUT2D eigenvalue weighted by Crippen LogP contribution is -2.39. The quantitative estimate of drug-likeness (QED) is 0.747. The summed E-state index contributed by atoms with van der Waals surface area (Å²) in [6.07, 6.45) is 2.38. The zero-order valence-electron chi connectivity index (χ0n) is 12.9. The minimum Gasteiger partial charge on any atom is -0.320 e. The second kappa shape index (κ2) is 5.88. The molecule has 1 aliphatic rings. The second-order valence-electron chi connectivity index (χ2n) is 5.73. The smallest absolute Gasteiger partial charge is 0.320 e. The third-order valence-electron chi connectivity index (χ3n) is 4.14. The van der Waals surface area contributed by atoms with Crippen LogP contribution in [0.5, 0.6) is 0 Å². The molecule has 0 saturated carbocycles. The van der Waals surface area contributed by atoms with E-state index in [-0.39, 0.29) is 11.7 Å². The number of fused-ring (bicyclic) bond motifs is 2. The Morgan fingerprint density at radius 1 is 1.21 bits per heavy atom. The van der Waals surface area contributed by atoms with Crippen molar-refractivity contribution in [3.05, 3.63) is 65.7 Å². The summed E-state index contributed by atoms with van der Waals surface area (Å²) in [7, 11) is 0. The first-order valence-electron chi connectivity index (χ1n) is 7.75. The van der Waals surface area contributed by atoms with Crippen LogP contribution in [-0.2, 0) is 13.0 Å². The van der Waals surface area contributed by atoms with E-state index in [1.165, 1.54) is 6.07 Å². The number of amides is 2. The Hall–Kier alpha value is -3.02. The molecule has 0 aliphatic carbocycles. The molecule has 0 atom stereocenters. The Kier molecular flexibility index (Phi) is 3.57. The monoisotopic (exact) mass is 322 g/mol. The number of urea groups is 1. The molecule has 0 bridgehead atoms. The van der Waals surface area contributed by atoms with Crippen LogP contribution in [0, 0.1) is 5.82 Å². The number of para-hydroxylation sites is 1. The molecule has 2 aromatic heterocycles. The van der Waals surface area contributed by atoms with E-state index in [0.29, 0.717) is 19.5 Å². The molecular weight excluding hydrogens is 307 g/mol. The van der Waals surface area contributed by atoms with Gasteiger partial charge in [-0.15, -0.1) is 0 Å². The van der Waals surface area contributed by atoms with Crippen molar-refractivity contribution in [1.29, 1.82) is 0 Å². The Bertz CT molecular complexity index is 928. The van der Waals surface area contributed by atoms with Gasteiger partial charge in [0.15, 0.2) is 5.65 Å².